The summed E-state index contributed by atoms with van der Waals surface area (Å²) in [6.45, 7) is 6.94. The third-order valence-corrected chi connectivity index (χ3v) is 3.46. The molecule has 0 aromatic heterocycles. The molecule has 5 nitrogen and oxygen atoms in total. The summed E-state index contributed by atoms with van der Waals surface area (Å²) in [6.07, 6.45) is 3.77. The highest BCUT2D eigenvalue weighted by Crippen LogP contribution is 2.15. The zero-order valence-electron chi connectivity index (χ0n) is 12.5. The van der Waals surface area contributed by atoms with Crippen molar-refractivity contribution >= 4 is 30.7 Å². The lowest BCUT2D eigenvalue weighted by molar-refractivity contribution is -0.120. The van der Waals surface area contributed by atoms with E-state index in [2.05, 4.69) is 22.5 Å². The lowest BCUT2D eigenvalue weighted by Gasteiger charge is -2.34. The van der Waals surface area contributed by atoms with Crippen LogP contribution in [0.5, 0.6) is 0 Å². The molecule has 122 valence electrons. The number of carbonyl (C=O) groups excluding carboxylic acids is 1. The maximum Gasteiger partial charge on any atom is 0.234 e. The van der Waals surface area contributed by atoms with Gasteiger partial charge in [0.1, 0.15) is 0 Å². The molecular formula is C13H29Cl2N3O2. The van der Waals surface area contributed by atoms with Crippen molar-refractivity contribution in [3.63, 3.8) is 0 Å². The van der Waals surface area contributed by atoms with Crippen molar-refractivity contribution in [3.05, 3.63) is 0 Å². The maximum atomic E-state index is 11.6. The summed E-state index contributed by atoms with van der Waals surface area (Å²) in [5.41, 5.74) is 0. The van der Waals surface area contributed by atoms with E-state index in [4.69, 9.17) is 4.74 Å². The molecule has 0 radical (unpaired) electrons. The van der Waals surface area contributed by atoms with Gasteiger partial charge in [-0.25, -0.2) is 0 Å². The van der Waals surface area contributed by atoms with Crippen LogP contribution in [0.25, 0.3) is 0 Å². The fourth-order valence-electron chi connectivity index (χ4n) is 2.38. The van der Waals surface area contributed by atoms with Crippen molar-refractivity contribution in [2.75, 3.05) is 46.4 Å². The number of hydrogen-bond acceptors (Lipinski definition) is 4. The minimum atomic E-state index is 0. The van der Waals surface area contributed by atoms with Gasteiger partial charge in [-0.2, -0.15) is 0 Å². The fourth-order valence-corrected chi connectivity index (χ4v) is 2.38. The van der Waals surface area contributed by atoms with Gasteiger partial charge in [-0.1, -0.05) is 13.3 Å². The fraction of sp³-hybridized carbons (Fsp3) is 0.923. The molecule has 1 saturated heterocycles. The number of carbonyl (C=O) groups is 1. The van der Waals surface area contributed by atoms with Gasteiger partial charge in [-0.05, 0) is 25.9 Å². The molecule has 0 aromatic rings. The summed E-state index contributed by atoms with van der Waals surface area (Å²) in [7, 11) is 1.66. The standard InChI is InChI=1S/C13H27N3O2.2ClH/c1-3-16-8-5-4-6-12(16)10-15-13(17)11-14-7-9-18-2;;/h12,14H,3-11H2,1-2H3,(H,15,17);2*1H. The predicted octanol–water partition coefficient (Wildman–Crippen LogP) is 1.06. The van der Waals surface area contributed by atoms with Crippen LogP contribution in [0.1, 0.15) is 26.2 Å². The SMILES string of the molecule is CCN1CCCCC1CNC(=O)CNCCOC.Cl.Cl. The number of likely N-dealkylation sites (N-methyl/N-ethyl adjacent to an activating group) is 1. The quantitative estimate of drug-likeness (QED) is 0.654. The van der Waals surface area contributed by atoms with Crippen molar-refractivity contribution in [3.8, 4) is 0 Å². The second-order valence-corrected chi connectivity index (χ2v) is 4.75. The van der Waals surface area contributed by atoms with Crippen LogP contribution >= 0.6 is 24.8 Å². The minimum absolute atomic E-state index is 0. The first kappa shape index (κ1) is 22.2. The Morgan fingerprint density at radius 3 is 2.75 bits per heavy atom. The van der Waals surface area contributed by atoms with E-state index in [9.17, 15) is 4.79 Å². The molecule has 0 saturated carbocycles. The van der Waals surface area contributed by atoms with Crippen molar-refractivity contribution in [1.82, 2.24) is 15.5 Å². The predicted molar refractivity (Wildman–Crippen MR) is 87.1 cm³/mol. The van der Waals surface area contributed by atoms with E-state index >= 15 is 0 Å². The van der Waals surface area contributed by atoms with E-state index in [0.717, 1.165) is 13.1 Å². The molecule has 1 aliphatic heterocycles. The number of nitrogens with zero attached hydrogens (tertiary/aromatic N) is 1. The monoisotopic (exact) mass is 329 g/mol. The largest absolute Gasteiger partial charge is 0.383 e. The van der Waals surface area contributed by atoms with E-state index in [1.807, 2.05) is 0 Å². The Labute approximate surface area is 135 Å². The number of nitrogens with one attached hydrogen (secondary N) is 2. The summed E-state index contributed by atoms with van der Waals surface area (Å²) in [5, 5.41) is 6.06. The van der Waals surface area contributed by atoms with Crippen molar-refractivity contribution in [2.24, 2.45) is 0 Å². The Morgan fingerprint density at radius 1 is 1.35 bits per heavy atom. The lowest BCUT2D eigenvalue weighted by Crippen LogP contribution is -2.47. The van der Waals surface area contributed by atoms with E-state index in [1.165, 1.54) is 25.8 Å². The number of ether oxygens (including phenoxy) is 1. The van der Waals surface area contributed by atoms with Crippen molar-refractivity contribution in [1.29, 1.82) is 0 Å². The molecule has 1 amide bonds. The molecule has 1 fully saturated rings. The van der Waals surface area contributed by atoms with Crippen LogP contribution < -0.4 is 10.6 Å². The topological polar surface area (TPSA) is 53.6 Å². The van der Waals surface area contributed by atoms with Crippen molar-refractivity contribution < 1.29 is 9.53 Å². The van der Waals surface area contributed by atoms with Crippen molar-refractivity contribution in [2.45, 2.75) is 32.2 Å². The smallest absolute Gasteiger partial charge is 0.234 e. The third kappa shape index (κ3) is 8.97. The highest BCUT2D eigenvalue weighted by atomic mass is 35.5. The average molecular weight is 330 g/mol. The highest BCUT2D eigenvalue weighted by molar-refractivity contribution is 5.85. The number of piperidine rings is 1. The van der Waals surface area contributed by atoms with Crippen LogP contribution in [0.3, 0.4) is 0 Å². The lowest BCUT2D eigenvalue weighted by atomic mass is 10.0. The molecule has 1 heterocycles. The van der Waals surface area contributed by atoms with Gasteiger partial charge < -0.3 is 15.4 Å². The highest BCUT2D eigenvalue weighted by Gasteiger charge is 2.20. The van der Waals surface area contributed by atoms with Gasteiger partial charge in [0.2, 0.25) is 5.91 Å². The minimum Gasteiger partial charge on any atom is -0.383 e. The van der Waals surface area contributed by atoms with Gasteiger partial charge in [0.25, 0.3) is 0 Å². The molecule has 1 aliphatic rings. The van der Waals surface area contributed by atoms with Crippen LogP contribution in [0.4, 0.5) is 0 Å². The molecular weight excluding hydrogens is 301 g/mol. The number of rotatable bonds is 8. The summed E-state index contributed by atoms with van der Waals surface area (Å²) < 4.78 is 4.91. The maximum absolute atomic E-state index is 11.6. The van der Waals surface area contributed by atoms with Crippen LogP contribution in [0.2, 0.25) is 0 Å². The number of amides is 1. The second-order valence-electron chi connectivity index (χ2n) is 4.75. The first-order valence-electron chi connectivity index (χ1n) is 6.98. The van der Waals surface area contributed by atoms with Gasteiger partial charge in [-0.3, -0.25) is 9.69 Å². The molecule has 1 unspecified atom stereocenters. The first-order valence-corrected chi connectivity index (χ1v) is 6.98. The zero-order chi connectivity index (χ0) is 13.2. The van der Waals surface area contributed by atoms with E-state index < -0.39 is 0 Å². The van der Waals surface area contributed by atoms with Crippen LogP contribution in [0.15, 0.2) is 0 Å². The van der Waals surface area contributed by atoms with Gasteiger partial charge in [0, 0.05) is 26.2 Å². The summed E-state index contributed by atoms with van der Waals surface area (Å²) in [4.78, 5) is 14.1. The molecule has 0 bridgehead atoms. The van der Waals surface area contributed by atoms with E-state index in [1.54, 1.807) is 7.11 Å². The molecule has 0 aromatic carbocycles. The Balaban J connectivity index is 0. The van der Waals surface area contributed by atoms with E-state index in [-0.39, 0.29) is 30.7 Å². The molecule has 2 N–H and O–H groups in total. The van der Waals surface area contributed by atoms with Crippen LogP contribution in [0, 0.1) is 0 Å². The Kier molecular flexibility index (Phi) is 15.4. The summed E-state index contributed by atoms with van der Waals surface area (Å²) in [5.74, 6) is 0.0766. The Hall–Kier alpha value is -0.0700. The molecule has 7 heteroatoms. The van der Waals surface area contributed by atoms with Gasteiger partial charge in [-0.15, -0.1) is 24.8 Å². The third-order valence-electron chi connectivity index (χ3n) is 3.46. The number of methoxy groups -OCH3 is 1. The van der Waals surface area contributed by atoms with Crippen LogP contribution in [-0.4, -0.2) is 63.3 Å². The molecule has 0 spiro atoms. The normalized spacial score (nSPS) is 18.8. The van der Waals surface area contributed by atoms with E-state index in [0.29, 0.717) is 25.7 Å². The zero-order valence-corrected chi connectivity index (χ0v) is 14.2. The Morgan fingerprint density at radius 2 is 2.10 bits per heavy atom. The molecule has 1 rings (SSSR count). The molecule has 0 aliphatic carbocycles. The number of likely N-dealkylation sites (tertiary alicyclic amines) is 1. The average Bonchev–Trinajstić information content (AvgIpc) is 2.41. The van der Waals surface area contributed by atoms with Gasteiger partial charge in [0.05, 0.1) is 13.2 Å². The Bertz CT molecular complexity index is 246. The number of halogens is 2. The molecule has 20 heavy (non-hydrogen) atoms. The first-order chi connectivity index (χ1) is 8.77. The molecule has 1 atom stereocenters. The van der Waals surface area contributed by atoms with Gasteiger partial charge >= 0.3 is 0 Å². The summed E-state index contributed by atoms with van der Waals surface area (Å²) in [6, 6.07) is 0.520. The summed E-state index contributed by atoms with van der Waals surface area (Å²) >= 11 is 0. The number of hydrogen-bond donors (Lipinski definition) is 2. The van der Waals surface area contributed by atoms with Crippen LogP contribution in [-0.2, 0) is 9.53 Å². The van der Waals surface area contributed by atoms with Gasteiger partial charge in [0.15, 0.2) is 0 Å². The second kappa shape index (κ2) is 13.9.